The lowest BCUT2D eigenvalue weighted by Gasteiger charge is -2.36. The lowest BCUT2D eigenvalue weighted by atomic mass is 9.79. The van der Waals surface area contributed by atoms with Gasteiger partial charge in [0.1, 0.15) is 5.01 Å². The number of aryl methyl sites for hydroxylation is 1. The van der Waals surface area contributed by atoms with Crippen LogP contribution in [0.3, 0.4) is 0 Å². The highest BCUT2D eigenvalue weighted by molar-refractivity contribution is 7.16. The predicted molar refractivity (Wildman–Crippen MR) is 76.6 cm³/mol. The molecule has 1 saturated carbocycles. The van der Waals surface area contributed by atoms with E-state index in [1.165, 1.54) is 37.1 Å². The number of hydrogen-bond donors (Lipinski definition) is 1. The highest BCUT2D eigenvalue weighted by Crippen LogP contribution is 2.32. The van der Waals surface area contributed by atoms with Crippen molar-refractivity contribution >= 4 is 16.3 Å². The third-order valence-electron chi connectivity index (χ3n) is 4.24. The van der Waals surface area contributed by atoms with Crippen LogP contribution >= 0.6 is 11.3 Å². The number of rotatable bonds is 4. The van der Waals surface area contributed by atoms with Gasteiger partial charge in [-0.05, 0) is 19.9 Å². The zero-order valence-corrected chi connectivity index (χ0v) is 12.5. The van der Waals surface area contributed by atoms with Crippen LogP contribution in [0.15, 0.2) is 0 Å². The van der Waals surface area contributed by atoms with Crippen LogP contribution in [-0.2, 0) is 12.8 Å². The molecular formula is C13H21N5S. The molecule has 1 aliphatic rings. The lowest BCUT2D eigenvalue weighted by Crippen LogP contribution is -2.46. The third kappa shape index (κ3) is 2.39. The minimum Gasteiger partial charge on any atom is -0.314 e. The van der Waals surface area contributed by atoms with Gasteiger partial charge in [-0.2, -0.15) is 9.61 Å². The second kappa shape index (κ2) is 5.17. The van der Waals surface area contributed by atoms with Gasteiger partial charge in [-0.1, -0.05) is 37.5 Å². The Labute approximate surface area is 117 Å². The minimum absolute atomic E-state index is 0.244. The highest BCUT2D eigenvalue weighted by atomic mass is 32.1. The molecule has 0 bridgehead atoms. The molecule has 0 aliphatic heterocycles. The molecule has 0 amide bonds. The summed E-state index contributed by atoms with van der Waals surface area (Å²) < 4.78 is 1.91. The molecule has 0 aromatic carbocycles. The largest absolute Gasteiger partial charge is 0.314 e. The first-order chi connectivity index (χ1) is 9.26. The van der Waals surface area contributed by atoms with Gasteiger partial charge in [0.25, 0.3) is 0 Å². The van der Waals surface area contributed by atoms with Crippen molar-refractivity contribution in [3.05, 3.63) is 10.8 Å². The summed E-state index contributed by atoms with van der Waals surface area (Å²) >= 11 is 1.68. The van der Waals surface area contributed by atoms with E-state index in [9.17, 15) is 0 Å². The third-order valence-corrected chi connectivity index (χ3v) is 5.14. The molecule has 2 aromatic heterocycles. The molecule has 5 nitrogen and oxygen atoms in total. The van der Waals surface area contributed by atoms with Crippen molar-refractivity contribution in [1.29, 1.82) is 0 Å². The first-order valence-corrected chi connectivity index (χ1v) is 7.97. The van der Waals surface area contributed by atoms with E-state index in [1.807, 2.05) is 4.52 Å². The molecule has 6 heteroatoms. The molecule has 3 rings (SSSR count). The van der Waals surface area contributed by atoms with Gasteiger partial charge in [0, 0.05) is 18.4 Å². The van der Waals surface area contributed by atoms with E-state index < -0.39 is 0 Å². The van der Waals surface area contributed by atoms with Gasteiger partial charge in [-0.15, -0.1) is 10.2 Å². The fourth-order valence-corrected chi connectivity index (χ4v) is 4.02. The molecular weight excluding hydrogens is 258 g/mol. The Kier molecular flexibility index (Phi) is 3.54. The zero-order valence-electron chi connectivity index (χ0n) is 11.6. The first kappa shape index (κ1) is 13.0. The van der Waals surface area contributed by atoms with Crippen molar-refractivity contribution in [2.45, 2.75) is 57.4 Å². The Morgan fingerprint density at radius 3 is 2.74 bits per heavy atom. The fourth-order valence-electron chi connectivity index (χ4n) is 3.02. The Morgan fingerprint density at radius 2 is 2.05 bits per heavy atom. The van der Waals surface area contributed by atoms with Gasteiger partial charge in [0.15, 0.2) is 5.82 Å². The fraction of sp³-hybridized carbons (Fsp3) is 0.769. The smallest absolute Gasteiger partial charge is 0.234 e. The minimum atomic E-state index is 0.244. The van der Waals surface area contributed by atoms with Gasteiger partial charge in [-0.3, -0.25) is 0 Å². The number of nitrogens with zero attached hydrogens (tertiary/aromatic N) is 4. The van der Waals surface area contributed by atoms with Crippen molar-refractivity contribution in [3.8, 4) is 0 Å². The van der Waals surface area contributed by atoms with Gasteiger partial charge in [0.2, 0.25) is 4.96 Å². The topological polar surface area (TPSA) is 55.1 Å². The second-order valence-electron chi connectivity index (χ2n) is 5.43. The second-order valence-corrected chi connectivity index (χ2v) is 6.47. The van der Waals surface area contributed by atoms with Crippen molar-refractivity contribution in [2.75, 3.05) is 7.05 Å². The van der Waals surface area contributed by atoms with Crippen LogP contribution in [-0.4, -0.2) is 32.4 Å². The molecule has 19 heavy (non-hydrogen) atoms. The van der Waals surface area contributed by atoms with Crippen LogP contribution in [0.25, 0.3) is 4.96 Å². The average molecular weight is 279 g/mol. The summed E-state index contributed by atoms with van der Waals surface area (Å²) in [7, 11) is 2.09. The summed E-state index contributed by atoms with van der Waals surface area (Å²) in [5, 5.41) is 17.8. The number of aromatic nitrogens is 4. The quantitative estimate of drug-likeness (QED) is 0.932. The number of hydrogen-bond acceptors (Lipinski definition) is 5. The Hall–Kier alpha value is -1.01. The maximum atomic E-state index is 4.70. The molecule has 104 valence electrons. The standard InChI is InChI=1S/C13H21N5S/c1-3-10-15-16-12-18(10)17-11(19-12)9-13(14-2)7-5-4-6-8-13/h14H,3-9H2,1-2H3. The molecule has 0 spiro atoms. The summed E-state index contributed by atoms with van der Waals surface area (Å²) in [5.74, 6) is 0.958. The SMILES string of the molecule is CCc1nnc2sc(CC3(NC)CCCCC3)nn12. The van der Waals surface area contributed by atoms with Crippen LogP contribution in [0.4, 0.5) is 0 Å². The maximum absolute atomic E-state index is 4.70. The summed E-state index contributed by atoms with van der Waals surface area (Å²) in [6.45, 7) is 2.09. The maximum Gasteiger partial charge on any atom is 0.234 e. The summed E-state index contributed by atoms with van der Waals surface area (Å²) in [4.78, 5) is 0.925. The van der Waals surface area contributed by atoms with Crippen LogP contribution in [0, 0.1) is 0 Å². The summed E-state index contributed by atoms with van der Waals surface area (Å²) in [6.07, 6.45) is 8.42. The summed E-state index contributed by atoms with van der Waals surface area (Å²) in [5.41, 5.74) is 0.244. The molecule has 0 radical (unpaired) electrons. The van der Waals surface area contributed by atoms with Gasteiger partial charge < -0.3 is 5.32 Å². The molecule has 0 saturated heterocycles. The Morgan fingerprint density at radius 1 is 1.26 bits per heavy atom. The van der Waals surface area contributed by atoms with E-state index in [-0.39, 0.29) is 5.54 Å². The predicted octanol–water partition coefficient (Wildman–Crippen LogP) is 2.21. The van der Waals surface area contributed by atoms with E-state index in [4.69, 9.17) is 5.10 Å². The highest BCUT2D eigenvalue weighted by Gasteiger charge is 2.31. The van der Waals surface area contributed by atoms with Crippen LogP contribution in [0.5, 0.6) is 0 Å². The monoisotopic (exact) mass is 279 g/mol. The lowest BCUT2D eigenvalue weighted by molar-refractivity contribution is 0.244. The Balaban J connectivity index is 1.85. The van der Waals surface area contributed by atoms with E-state index in [1.54, 1.807) is 11.3 Å². The number of likely N-dealkylation sites (N-methyl/N-ethyl adjacent to an activating group) is 1. The van der Waals surface area contributed by atoms with E-state index in [0.717, 1.165) is 23.6 Å². The summed E-state index contributed by atoms with van der Waals surface area (Å²) in [6, 6.07) is 0. The van der Waals surface area contributed by atoms with Gasteiger partial charge in [-0.25, -0.2) is 0 Å². The molecule has 1 aliphatic carbocycles. The van der Waals surface area contributed by atoms with Crippen molar-refractivity contribution < 1.29 is 0 Å². The molecule has 0 unspecified atom stereocenters. The van der Waals surface area contributed by atoms with Gasteiger partial charge in [0.05, 0.1) is 0 Å². The Bertz CT molecular complexity index is 552. The molecule has 2 heterocycles. The average Bonchev–Trinajstić information content (AvgIpc) is 2.99. The van der Waals surface area contributed by atoms with Crippen molar-refractivity contribution in [3.63, 3.8) is 0 Å². The normalized spacial score (nSPS) is 19.1. The molecule has 1 fully saturated rings. The molecule has 1 N–H and O–H groups in total. The molecule has 2 aromatic rings. The first-order valence-electron chi connectivity index (χ1n) is 7.15. The van der Waals surface area contributed by atoms with E-state index in [0.29, 0.717) is 0 Å². The van der Waals surface area contributed by atoms with Crippen LogP contribution in [0.2, 0.25) is 0 Å². The number of fused-ring (bicyclic) bond motifs is 1. The van der Waals surface area contributed by atoms with Crippen molar-refractivity contribution in [2.24, 2.45) is 0 Å². The van der Waals surface area contributed by atoms with E-state index in [2.05, 4.69) is 29.5 Å². The number of nitrogens with one attached hydrogen (secondary N) is 1. The van der Waals surface area contributed by atoms with E-state index >= 15 is 0 Å². The van der Waals surface area contributed by atoms with Gasteiger partial charge >= 0.3 is 0 Å². The van der Waals surface area contributed by atoms with Crippen LogP contribution in [0.1, 0.15) is 49.9 Å². The van der Waals surface area contributed by atoms with Crippen molar-refractivity contribution in [1.82, 2.24) is 25.1 Å². The molecule has 0 atom stereocenters. The zero-order chi connectivity index (χ0) is 13.3. The van der Waals surface area contributed by atoms with Crippen LogP contribution < -0.4 is 5.32 Å².